The first-order valence-electron chi connectivity index (χ1n) is 8.25. The van der Waals surface area contributed by atoms with Gasteiger partial charge in [0.2, 0.25) is 0 Å². The summed E-state index contributed by atoms with van der Waals surface area (Å²) in [6, 6.07) is 8.26. The second-order valence-electron chi connectivity index (χ2n) is 16.3. The largest absolute Gasteiger partial charge is 0.147 e. The molecule has 1 N–H and O–H groups in total. The zero-order valence-electron chi connectivity index (χ0n) is 16.2. The Balaban J connectivity index is 0.00000264. The van der Waals surface area contributed by atoms with Crippen molar-refractivity contribution in [3.8, 4) is 5.75 Å². The minimum atomic E-state index is -5.01. The Bertz CT molecular complexity index is 907. The smallest absolute Gasteiger partial charge is 0.147 e. The molecule has 0 aliphatic heterocycles. The van der Waals surface area contributed by atoms with E-state index in [0.717, 1.165) is 17.9 Å². The quantitative estimate of drug-likeness (QED) is 0.562. The Kier molecular flexibility index (Phi) is 3.58. The van der Waals surface area contributed by atoms with Crippen molar-refractivity contribution in [3.63, 3.8) is 0 Å². The van der Waals surface area contributed by atoms with Crippen LogP contribution in [0.5, 0.6) is 5.75 Å². The van der Waals surface area contributed by atoms with E-state index in [4.69, 9.17) is 4.74 Å². The van der Waals surface area contributed by atoms with Crippen molar-refractivity contribution in [3.05, 3.63) is 46.4 Å². The van der Waals surface area contributed by atoms with Gasteiger partial charge < -0.3 is 0 Å². The van der Waals surface area contributed by atoms with Gasteiger partial charge in [0.15, 0.2) is 0 Å². The molecule has 1 aliphatic rings. The standard InChI is InChI=1S/C7H8NO.C5H5.6CH3.2ClH.H2Si.Ti/c1-9-7-4-2-6(8)3-5-7;1-2-4-5-3-1;;;;;;;;;;/h2-5,8H,1H3;1-3H,4H2;6*1H3;2*1H;1H2;/q-1;;;;;;;;;;;+1. The maximum absolute atomic E-state index is 5.29. The number of hydrogen-bond donors (Lipinski definition) is 1. The first-order chi connectivity index (χ1) is 9.23. The van der Waals surface area contributed by atoms with Crippen molar-refractivity contribution in [2.75, 3.05) is 10.9 Å². The first-order valence-corrected chi connectivity index (χ1v) is 23.2. The van der Waals surface area contributed by atoms with Gasteiger partial charge in [0, 0.05) is 0 Å². The number of benzene rings is 1. The van der Waals surface area contributed by atoms with Crippen LogP contribution in [0.15, 0.2) is 46.4 Å². The van der Waals surface area contributed by atoms with Crippen molar-refractivity contribution in [2.45, 2.75) is 37.8 Å². The molecule has 1 aromatic carbocycles. The second kappa shape index (κ2) is 3.61. The Morgan fingerprint density at radius 1 is 0.958 bits per heavy atom. The number of ether oxygens (including phenoxy) is 1. The topological polar surface area (TPSA) is 21.3 Å². The maximum atomic E-state index is 5.29. The molecule has 0 unspecified atom stereocenters. The van der Waals surface area contributed by atoms with E-state index in [1.165, 1.54) is 3.88 Å². The molecule has 1 aliphatic carbocycles. The summed E-state index contributed by atoms with van der Waals surface area (Å²) in [5, 5.41) is 14.8. The molecule has 0 fully saturated rings. The molecule has 24 heavy (non-hydrogen) atoms. The molecule has 0 radical (unpaired) electrons. The first kappa shape index (κ1) is 23.8. The van der Waals surface area contributed by atoms with Crippen molar-refractivity contribution >= 4 is 38.1 Å². The van der Waals surface area contributed by atoms with Crippen LogP contribution in [0.25, 0.3) is 0 Å². The van der Waals surface area contributed by atoms with Gasteiger partial charge in [-0.05, 0) is 0 Å². The van der Waals surface area contributed by atoms with Gasteiger partial charge in [0.25, 0.3) is 0 Å². The number of allylic oxidation sites excluding steroid dienone is 4. The summed E-state index contributed by atoms with van der Waals surface area (Å²) in [4.78, 5) is 0. The SMILES string of the molecule is COc1ccc([NH][Ti]([CH3])([CH3])([CH3])([CH3])([CH3])([CH3])(=[SiH2])[C]2=CC=CC2)cc1.Cl.Cl. The van der Waals surface area contributed by atoms with E-state index in [1.54, 1.807) is 7.11 Å². The number of rotatable bonds is 4. The average molecular weight is 428 g/mol. The van der Waals surface area contributed by atoms with Gasteiger partial charge in [0.05, 0.1) is 0 Å². The molecule has 1 aromatic rings. The minimum Gasteiger partial charge on any atom is -0.147 e. The van der Waals surface area contributed by atoms with Crippen LogP contribution in [-0.2, 0) is 9.17 Å². The molecule has 0 heterocycles. The van der Waals surface area contributed by atoms with E-state index in [1.807, 2.05) is 12.1 Å². The van der Waals surface area contributed by atoms with Crippen molar-refractivity contribution in [1.29, 1.82) is 0 Å². The molecule has 2 nitrogen and oxygen atoms in total. The molecule has 0 saturated heterocycles. The molecule has 2 rings (SSSR count). The van der Waals surface area contributed by atoms with Crippen LogP contribution in [0, 0.1) is 0 Å². The summed E-state index contributed by atoms with van der Waals surface area (Å²) in [6.07, 6.45) is 7.76. The van der Waals surface area contributed by atoms with Crippen LogP contribution in [0.2, 0.25) is 31.4 Å². The normalized spacial score (nSPS) is 22.5. The second-order valence-corrected chi connectivity index (χ2v) is 79.0. The third-order valence-electron chi connectivity index (χ3n) is 5.22. The van der Waals surface area contributed by atoms with E-state index < -0.39 is 9.17 Å². The van der Waals surface area contributed by atoms with Crippen molar-refractivity contribution in [1.82, 2.24) is 0 Å². The number of halogens is 2. The molecule has 6 heteroatoms. The minimum absolute atomic E-state index is 0. The van der Waals surface area contributed by atoms with Crippen LogP contribution in [0.4, 0.5) is 5.69 Å². The fraction of sp³-hybridized carbons (Fsp3) is 0.444. The summed E-state index contributed by atoms with van der Waals surface area (Å²) in [5.74, 6) is 0.881. The molecule has 0 spiro atoms. The zero-order chi connectivity index (χ0) is 17.1. The molecular formula is C18H35Cl2NOSiTi. The summed E-state index contributed by atoms with van der Waals surface area (Å²) in [7, 11) is -1.14. The van der Waals surface area contributed by atoms with Gasteiger partial charge in [-0.15, -0.1) is 24.8 Å². The molecule has 0 aromatic heterocycles. The summed E-state index contributed by atoms with van der Waals surface area (Å²) in [6.45, 7) is 0. The van der Waals surface area contributed by atoms with Crippen molar-refractivity contribution in [2.24, 2.45) is 0 Å². The van der Waals surface area contributed by atoms with Gasteiger partial charge in [-0.25, -0.2) is 0 Å². The fourth-order valence-corrected chi connectivity index (χ4v) is 13.8. The zero-order valence-corrected chi connectivity index (χ0v) is 20.8. The summed E-state index contributed by atoms with van der Waals surface area (Å²) < 4.78 is 10.9. The number of nitrogens with one attached hydrogen (secondary N) is 1. The van der Waals surface area contributed by atoms with Gasteiger partial charge in [-0.2, -0.15) is 0 Å². The van der Waals surface area contributed by atoms with Gasteiger partial charge >= 0.3 is 128 Å². The predicted octanol–water partition coefficient (Wildman–Crippen LogP) is 6.38. The Hall–Kier alpha value is -0.189. The van der Waals surface area contributed by atoms with Crippen molar-refractivity contribution < 1.29 is 13.9 Å². The van der Waals surface area contributed by atoms with Gasteiger partial charge in [0.1, 0.15) is 0 Å². The Morgan fingerprint density at radius 2 is 1.46 bits per heavy atom. The predicted molar refractivity (Wildman–Crippen MR) is 117 cm³/mol. The van der Waals surface area contributed by atoms with E-state index in [9.17, 15) is 0 Å². The fourth-order valence-electron chi connectivity index (χ4n) is 3.58. The molecule has 0 saturated carbocycles. The van der Waals surface area contributed by atoms with E-state index in [0.29, 0.717) is 0 Å². The Labute approximate surface area is 152 Å². The van der Waals surface area contributed by atoms with E-state index in [-0.39, 0.29) is 24.8 Å². The Morgan fingerprint density at radius 3 is 1.83 bits per heavy atom. The summed E-state index contributed by atoms with van der Waals surface area (Å²) >= 11 is 0. The number of methoxy groups -OCH3 is 1. The maximum Gasteiger partial charge on any atom is -0.147 e. The summed E-state index contributed by atoms with van der Waals surface area (Å²) in [5.41, 5.74) is 1.13. The number of anilines is 1. The molecule has 0 atom stereocenters. The van der Waals surface area contributed by atoms with E-state index in [2.05, 4.69) is 73.2 Å². The van der Waals surface area contributed by atoms with Crippen LogP contribution in [-0.4, -0.2) is 14.7 Å². The average Bonchev–Trinajstić information content (AvgIpc) is 2.81. The van der Waals surface area contributed by atoms with E-state index >= 15 is 0 Å². The van der Waals surface area contributed by atoms with Crippen LogP contribution in [0.3, 0.4) is 0 Å². The third-order valence-corrected chi connectivity index (χ3v) is 18.9. The third kappa shape index (κ3) is 4.70. The van der Waals surface area contributed by atoms with Gasteiger partial charge in [-0.1, -0.05) is 0 Å². The van der Waals surface area contributed by atoms with Crippen LogP contribution in [0.1, 0.15) is 6.42 Å². The molecule has 0 bridgehead atoms. The van der Waals surface area contributed by atoms with Crippen LogP contribution < -0.4 is 8.54 Å². The monoisotopic (exact) mass is 427 g/mol. The van der Waals surface area contributed by atoms with Gasteiger partial charge in [-0.3, -0.25) is 0 Å². The molecular weight excluding hydrogens is 393 g/mol. The number of hydrogen-bond acceptors (Lipinski definition) is 2. The van der Waals surface area contributed by atoms with Crippen LogP contribution >= 0.6 is 24.8 Å². The molecule has 0 amide bonds. The molecule has 140 valence electrons.